The lowest BCUT2D eigenvalue weighted by Gasteiger charge is -1.95. The summed E-state index contributed by atoms with van der Waals surface area (Å²) in [4.78, 5) is 22.0. The van der Waals surface area contributed by atoms with Crippen molar-refractivity contribution in [2.45, 2.75) is 0 Å². The van der Waals surface area contributed by atoms with E-state index in [1.807, 2.05) is 0 Å². The van der Waals surface area contributed by atoms with E-state index in [9.17, 15) is 9.59 Å². The molecule has 13 heavy (non-hydrogen) atoms. The van der Waals surface area contributed by atoms with Crippen LogP contribution in [0.4, 0.5) is 0 Å². The van der Waals surface area contributed by atoms with Gasteiger partial charge in [0.15, 0.2) is 0 Å². The molecule has 0 spiro atoms. The zero-order valence-electron chi connectivity index (χ0n) is 6.24. The second kappa shape index (κ2) is 2.74. The summed E-state index contributed by atoms with van der Waals surface area (Å²) >= 11 is 5.08. The van der Waals surface area contributed by atoms with Crippen LogP contribution in [0.2, 0.25) is 0 Å². The fourth-order valence-corrected chi connectivity index (χ4v) is 1.21. The molecule has 0 N–H and O–H groups in total. The van der Waals surface area contributed by atoms with Gasteiger partial charge in [-0.15, -0.1) is 0 Å². The van der Waals surface area contributed by atoms with Gasteiger partial charge >= 0.3 is 11.9 Å². The number of cyclic esters (lactones) is 2. The molecule has 0 aromatic heterocycles. The van der Waals surface area contributed by atoms with Gasteiger partial charge in [0.2, 0.25) is 0 Å². The molecule has 5 heteroatoms. The number of hydrogen-bond acceptors (Lipinski definition) is 4. The van der Waals surface area contributed by atoms with Crippen LogP contribution in [0, 0.1) is 0 Å². The Balaban J connectivity index is 2.58. The first-order valence-corrected chi connectivity index (χ1v) is 3.72. The van der Waals surface area contributed by atoms with Crippen molar-refractivity contribution in [3.63, 3.8) is 0 Å². The number of hydrogen-bond donors (Lipinski definition) is 0. The zero-order valence-corrected chi connectivity index (χ0v) is 7.00. The van der Waals surface area contributed by atoms with Gasteiger partial charge in [-0.25, -0.2) is 9.59 Å². The molecule has 0 amide bonds. The average molecular weight is 199 g/mol. The Labute approximate surface area is 78.2 Å². The predicted molar refractivity (Wildman–Crippen MR) is 42.7 cm³/mol. The largest absolute Gasteiger partial charge is 0.386 e. The van der Waals surface area contributed by atoms with E-state index in [0.717, 1.165) is 0 Å². The summed E-state index contributed by atoms with van der Waals surface area (Å²) in [6.45, 7) is 0. The van der Waals surface area contributed by atoms with Gasteiger partial charge in [0, 0.05) is 0 Å². The van der Waals surface area contributed by atoms with Crippen molar-refractivity contribution in [2.24, 2.45) is 0 Å². The molecule has 0 bridgehead atoms. The third kappa shape index (κ3) is 1.15. The summed E-state index contributed by atoms with van der Waals surface area (Å²) in [6.07, 6.45) is 0. The third-order valence-corrected chi connectivity index (χ3v) is 1.88. The molecule has 2 rings (SSSR count). The molecular formula is C8H3ClO4. The number of carbonyl (C=O) groups excluding carboxylic acids is 2. The highest BCUT2D eigenvalue weighted by Gasteiger charge is 2.29. The molecule has 1 heterocycles. The molecule has 66 valence electrons. The van der Waals surface area contributed by atoms with Crippen LogP contribution in [0.5, 0.6) is 5.75 Å². The number of rotatable bonds is 1. The SMILES string of the molecule is O=C1OC(=O)c2cc(OCl)ccc21. The zero-order chi connectivity index (χ0) is 9.42. The lowest BCUT2D eigenvalue weighted by Crippen LogP contribution is -1.96. The molecule has 0 unspecified atom stereocenters. The molecule has 1 aromatic carbocycles. The number of esters is 2. The van der Waals surface area contributed by atoms with Crippen molar-refractivity contribution >= 4 is 23.8 Å². The van der Waals surface area contributed by atoms with Gasteiger partial charge in [-0.1, -0.05) is 0 Å². The van der Waals surface area contributed by atoms with Crippen LogP contribution < -0.4 is 4.29 Å². The molecule has 0 fully saturated rings. The van der Waals surface area contributed by atoms with E-state index >= 15 is 0 Å². The molecule has 0 atom stereocenters. The lowest BCUT2D eigenvalue weighted by molar-refractivity contribution is 0.0443. The molecule has 0 saturated carbocycles. The first-order chi connectivity index (χ1) is 6.22. The van der Waals surface area contributed by atoms with Gasteiger partial charge in [0.25, 0.3) is 0 Å². The maximum atomic E-state index is 11.0. The summed E-state index contributed by atoms with van der Waals surface area (Å²) in [6, 6.07) is 4.27. The first-order valence-electron chi connectivity index (χ1n) is 3.41. The van der Waals surface area contributed by atoms with Crippen LogP contribution in [0.1, 0.15) is 20.7 Å². The normalized spacial score (nSPS) is 13.9. The third-order valence-electron chi connectivity index (χ3n) is 1.71. The number of fused-ring (bicyclic) bond motifs is 1. The molecular weight excluding hydrogens is 196 g/mol. The van der Waals surface area contributed by atoms with Gasteiger partial charge in [-0.05, 0) is 18.2 Å². The van der Waals surface area contributed by atoms with Gasteiger partial charge in [-0.2, -0.15) is 0 Å². The van der Waals surface area contributed by atoms with E-state index in [4.69, 9.17) is 11.9 Å². The van der Waals surface area contributed by atoms with Gasteiger partial charge in [-0.3, -0.25) is 0 Å². The summed E-state index contributed by atoms with van der Waals surface area (Å²) in [7, 11) is 0. The van der Waals surface area contributed by atoms with E-state index < -0.39 is 11.9 Å². The van der Waals surface area contributed by atoms with Gasteiger partial charge in [0.1, 0.15) is 17.6 Å². The van der Waals surface area contributed by atoms with E-state index in [1.165, 1.54) is 18.2 Å². The number of benzene rings is 1. The van der Waals surface area contributed by atoms with Crippen LogP contribution in [0.25, 0.3) is 0 Å². The van der Waals surface area contributed by atoms with Crippen LogP contribution in [-0.2, 0) is 4.74 Å². The highest BCUT2D eigenvalue weighted by atomic mass is 35.5. The van der Waals surface area contributed by atoms with E-state index in [0.29, 0.717) is 5.75 Å². The van der Waals surface area contributed by atoms with Crippen LogP contribution >= 0.6 is 11.9 Å². The van der Waals surface area contributed by atoms with E-state index in [1.54, 1.807) is 0 Å². The minimum atomic E-state index is -0.671. The van der Waals surface area contributed by atoms with Crippen molar-refractivity contribution in [3.05, 3.63) is 29.3 Å². The van der Waals surface area contributed by atoms with Crippen molar-refractivity contribution in [2.75, 3.05) is 0 Å². The Morgan fingerprint density at radius 1 is 1.15 bits per heavy atom. The number of carbonyl (C=O) groups is 2. The molecule has 4 nitrogen and oxygen atoms in total. The molecule has 0 aliphatic carbocycles. The molecule has 1 aliphatic heterocycles. The van der Waals surface area contributed by atoms with Crippen molar-refractivity contribution in [1.82, 2.24) is 0 Å². The van der Waals surface area contributed by atoms with Crippen molar-refractivity contribution in [1.29, 1.82) is 0 Å². The van der Waals surface area contributed by atoms with E-state index in [2.05, 4.69) is 9.03 Å². The van der Waals surface area contributed by atoms with Crippen LogP contribution in [-0.4, -0.2) is 11.9 Å². The number of ether oxygens (including phenoxy) is 1. The minimum Gasteiger partial charge on any atom is -0.386 e. The highest BCUT2D eigenvalue weighted by molar-refractivity contribution is 6.15. The summed E-state index contributed by atoms with van der Waals surface area (Å²) in [5, 5.41) is 0. The standard InChI is InChI=1S/C8H3ClO4/c9-13-4-1-2-5-6(3-4)8(11)12-7(5)10/h1-3H. The molecule has 0 radical (unpaired) electrons. The van der Waals surface area contributed by atoms with Crippen molar-refractivity contribution in [3.8, 4) is 5.75 Å². The Hall–Kier alpha value is -1.55. The van der Waals surface area contributed by atoms with E-state index in [-0.39, 0.29) is 11.1 Å². The quantitative estimate of drug-likeness (QED) is 0.507. The van der Waals surface area contributed by atoms with Crippen molar-refractivity contribution < 1.29 is 18.6 Å². The fourth-order valence-electron chi connectivity index (χ4n) is 1.11. The summed E-state index contributed by atoms with van der Waals surface area (Å²) in [5.41, 5.74) is 0.422. The molecule has 1 aliphatic rings. The average Bonchev–Trinajstić information content (AvgIpc) is 2.42. The minimum absolute atomic E-state index is 0.183. The van der Waals surface area contributed by atoms with Gasteiger partial charge in [0.05, 0.1) is 11.1 Å². The topological polar surface area (TPSA) is 52.6 Å². The smallest absolute Gasteiger partial charge is 0.347 e. The first kappa shape index (κ1) is 8.07. The highest BCUT2D eigenvalue weighted by Crippen LogP contribution is 2.24. The molecule has 0 saturated heterocycles. The second-order valence-corrected chi connectivity index (χ2v) is 2.62. The lowest BCUT2D eigenvalue weighted by atomic mass is 10.1. The Kier molecular flexibility index (Phi) is 1.70. The second-order valence-electron chi connectivity index (χ2n) is 2.46. The monoisotopic (exact) mass is 198 g/mol. The fraction of sp³-hybridized carbons (Fsp3) is 0. The van der Waals surface area contributed by atoms with Gasteiger partial charge < -0.3 is 9.03 Å². The Bertz CT molecular complexity index is 399. The van der Waals surface area contributed by atoms with Crippen LogP contribution in [0.15, 0.2) is 18.2 Å². The Morgan fingerprint density at radius 3 is 2.54 bits per heavy atom. The summed E-state index contributed by atoms with van der Waals surface area (Å²) < 4.78 is 8.73. The molecule has 1 aromatic rings. The number of halogens is 1. The summed E-state index contributed by atoms with van der Waals surface area (Å²) in [5.74, 6) is -1.01. The maximum Gasteiger partial charge on any atom is 0.347 e. The maximum absolute atomic E-state index is 11.0. The van der Waals surface area contributed by atoms with Crippen LogP contribution in [0.3, 0.4) is 0 Å². The predicted octanol–water partition coefficient (Wildman–Crippen LogP) is 1.53. The Morgan fingerprint density at radius 2 is 1.85 bits per heavy atom.